The first-order valence-corrected chi connectivity index (χ1v) is 8.97. The number of aliphatic hydroxyl groups is 1. The van der Waals surface area contributed by atoms with Crippen LogP contribution in [-0.2, 0) is 11.8 Å². The maximum absolute atomic E-state index is 13.5. The summed E-state index contributed by atoms with van der Waals surface area (Å²) in [4.78, 5) is 37.8. The van der Waals surface area contributed by atoms with Crippen molar-refractivity contribution in [2.45, 2.75) is 20.3 Å². The minimum absolute atomic E-state index is 0.0955. The van der Waals surface area contributed by atoms with Crippen LogP contribution < -0.4 is 5.32 Å². The third-order valence-corrected chi connectivity index (χ3v) is 4.86. The molecule has 1 aromatic heterocycles. The Kier molecular flexibility index (Phi) is 6.89. The summed E-state index contributed by atoms with van der Waals surface area (Å²) in [5.41, 5.74) is 0.935. The summed E-state index contributed by atoms with van der Waals surface area (Å²) < 4.78 is 15.0. The summed E-state index contributed by atoms with van der Waals surface area (Å²) >= 11 is 0. The molecule has 2 rings (SSSR count). The lowest BCUT2D eigenvalue weighted by Gasteiger charge is -2.08. The number of nitrogens with zero attached hydrogens (tertiary/aromatic N) is 2. The molecule has 0 saturated heterocycles. The van der Waals surface area contributed by atoms with E-state index in [1.165, 1.54) is 16.7 Å². The van der Waals surface area contributed by atoms with Crippen LogP contribution in [0, 0.1) is 49.3 Å². The van der Waals surface area contributed by atoms with Crippen molar-refractivity contribution in [2.24, 2.45) is 13.0 Å². The van der Waals surface area contributed by atoms with Gasteiger partial charge in [0.15, 0.2) is 0 Å². The van der Waals surface area contributed by atoms with E-state index in [0.29, 0.717) is 11.3 Å². The fraction of sp³-hybridized carbons (Fsp3) is 0.273. The fourth-order valence-electron chi connectivity index (χ4n) is 3.15. The van der Waals surface area contributed by atoms with Crippen molar-refractivity contribution >= 4 is 23.2 Å². The Bertz CT molecular complexity index is 1120. The molecular formula is C22H20FN3O4. The molecule has 2 aromatic rings. The van der Waals surface area contributed by atoms with Crippen LogP contribution in [0.25, 0.3) is 0 Å². The Balaban J connectivity index is 2.37. The van der Waals surface area contributed by atoms with Crippen LogP contribution in [-0.4, -0.2) is 33.8 Å². The van der Waals surface area contributed by atoms with Crippen molar-refractivity contribution < 1.29 is 23.9 Å². The lowest BCUT2D eigenvalue weighted by atomic mass is 9.96. The van der Waals surface area contributed by atoms with Crippen molar-refractivity contribution in [2.75, 3.05) is 11.9 Å². The molecule has 154 valence electrons. The van der Waals surface area contributed by atoms with E-state index in [0.717, 1.165) is 6.07 Å². The molecule has 0 spiro atoms. The largest absolute Gasteiger partial charge is 0.395 e. The van der Waals surface area contributed by atoms with Crippen molar-refractivity contribution in [1.82, 2.24) is 4.57 Å². The van der Waals surface area contributed by atoms with Crippen LogP contribution in [0.15, 0.2) is 18.2 Å². The lowest BCUT2D eigenvalue weighted by Crippen LogP contribution is -2.20. The standard InChI is InChI=1S/C22H20FN3O4/c1-5-14(11-27)8-18(28)21(29)19-12(2)20(26(4)13(19)3)22(30)25-16-6-7-17(23)15(9-16)10-24/h1,6-7,9,14,27H,8,11H2,2-4H3,(H,25,30)/t14-/m1/s1. The zero-order valence-electron chi connectivity index (χ0n) is 16.7. The number of ketones is 2. The number of terminal acetylenes is 1. The van der Waals surface area contributed by atoms with Gasteiger partial charge >= 0.3 is 0 Å². The number of anilines is 1. The predicted octanol–water partition coefficient (Wildman–Crippen LogP) is 2.29. The normalized spacial score (nSPS) is 11.3. The van der Waals surface area contributed by atoms with E-state index in [-0.39, 0.29) is 28.9 Å². The molecule has 30 heavy (non-hydrogen) atoms. The Morgan fingerprint density at radius 2 is 2.00 bits per heavy atom. The third-order valence-electron chi connectivity index (χ3n) is 4.86. The van der Waals surface area contributed by atoms with E-state index in [1.54, 1.807) is 27.0 Å². The summed E-state index contributed by atoms with van der Waals surface area (Å²) in [6.07, 6.45) is 4.93. The van der Waals surface area contributed by atoms with Crippen LogP contribution in [0.1, 0.15) is 44.1 Å². The number of nitrogens with one attached hydrogen (secondary N) is 1. The van der Waals surface area contributed by atoms with Crippen molar-refractivity contribution in [1.29, 1.82) is 5.26 Å². The number of hydrogen-bond acceptors (Lipinski definition) is 5. The van der Waals surface area contributed by atoms with Gasteiger partial charge in [0, 0.05) is 24.8 Å². The number of hydrogen-bond donors (Lipinski definition) is 2. The summed E-state index contributed by atoms with van der Waals surface area (Å²) in [7, 11) is 1.57. The Morgan fingerprint density at radius 3 is 2.57 bits per heavy atom. The average Bonchev–Trinajstić information content (AvgIpc) is 2.95. The number of rotatable bonds is 7. The van der Waals surface area contributed by atoms with Gasteiger partial charge in [0.25, 0.3) is 5.91 Å². The molecule has 1 amide bonds. The van der Waals surface area contributed by atoms with Crippen molar-refractivity contribution in [3.8, 4) is 18.4 Å². The van der Waals surface area contributed by atoms with Gasteiger partial charge in [-0.1, -0.05) is 0 Å². The molecule has 1 heterocycles. The number of aromatic nitrogens is 1. The molecule has 1 aromatic carbocycles. The molecule has 7 nitrogen and oxygen atoms in total. The number of benzene rings is 1. The zero-order chi connectivity index (χ0) is 22.6. The first-order valence-electron chi connectivity index (χ1n) is 8.97. The first kappa shape index (κ1) is 22.5. The van der Waals surface area contributed by atoms with Crippen LogP contribution in [0.3, 0.4) is 0 Å². The Morgan fingerprint density at radius 1 is 1.33 bits per heavy atom. The van der Waals surface area contributed by atoms with Gasteiger partial charge in [-0.3, -0.25) is 14.4 Å². The summed E-state index contributed by atoms with van der Waals surface area (Å²) in [6.45, 7) is 2.72. The second kappa shape index (κ2) is 9.17. The van der Waals surface area contributed by atoms with E-state index >= 15 is 0 Å². The number of carbonyl (C=O) groups is 3. The van der Waals surface area contributed by atoms with Gasteiger partial charge in [0.1, 0.15) is 17.6 Å². The molecule has 0 saturated carbocycles. The average molecular weight is 409 g/mol. The van der Waals surface area contributed by atoms with E-state index in [9.17, 15) is 18.8 Å². The van der Waals surface area contributed by atoms with Gasteiger partial charge in [0.2, 0.25) is 11.6 Å². The highest BCUT2D eigenvalue weighted by Gasteiger charge is 2.29. The van der Waals surface area contributed by atoms with Crippen LogP contribution in [0.4, 0.5) is 10.1 Å². The second-order valence-corrected chi connectivity index (χ2v) is 6.76. The van der Waals surface area contributed by atoms with E-state index in [1.807, 2.05) is 0 Å². The topological polar surface area (TPSA) is 112 Å². The van der Waals surface area contributed by atoms with Crippen molar-refractivity contribution in [3.05, 3.63) is 52.1 Å². The summed E-state index contributed by atoms with van der Waals surface area (Å²) in [5.74, 6) is -1.35. The molecule has 0 aliphatic heterocycles. The molecule has 0 radical (unpaired) electrons. The SMILES string of the molecule is C#C[C@@H](CO)CC(=O)C(=O)c1c(C)c(C(=O)Nc2ccc(F)c(C#N)c2)n(C)c1C. The monoisotopic (exact) mass is 409 g/mol. The predicted molar refractivity (Wildman–Crippen MR) is 107 cm³/mol. The molecule has 2 N–H and O–H groups in total. The molecule has 8 heteroatoms. The first-order chi connectivity index (χ1) is 14.2. The van der Waals surface area contributed by atoms with Gasteiger partial charge in [-0.25, -0.2) is 4.39 Å². The molecule has 0 unspecified atom stereocenters. The molecule has 0 aliphatic carbocycles. The van der Waals surface area contributed by atoms with E-state index in [4.69, 9.17) is 16.8 Å². The lowest BCUT2D eigenvalue weighted by molar-refractivity contribution is -0.115. The maximum atomic E-state index is 13.5. The summed E-state index contributed by atoms with van der Waals surface area (Å²) in [6, 6.07) is 5.26. The smallest absolute Gasteiger partial charge is 0.272 e. The highest BCUT2D eigenvalue weighted by molar-refractivity contribution is 6.44. The third kappa shape index (κ3) is 4.29. The Labute approximate surface area is 173 Å². The van der Waals surface area contributed by atoms with Crippen LogP contribution >= 0.6 is 0 Å². The van der Waals surface area contributed by atoms with E-state index < -0.39 is 35.8 Å². The van der Waals surface area contributed by atoms with Gasteiger partial charge in [-0.15, -0.1) is 12.3 Å². The summed E-state index contributed by atoms with van der Waals surface area (Å²) in [5, 5.41) is 20.6. The number of carbonyl (C=O) groups excluding carboxylic acids is 3. The second-order valence-electron chi connectivity index (χ2n) is 6.76. The highest BCUT2D eigenvalue weighted by Crippen LogP contribution is 2.24. The molecule has 0 fully saturated rings. The van der Waals surface area contributed by atoms with Crippen LogP contribution in [0.5, 0.6) is 0 Å². The molecule has 0 bridgehead atoms. The number of halogens is 1. The van der Waals surface area contributed by atoms with Crippen LogP contribution in [0.2, 0.25) is 0 Å². The molecule has 1 atom stereocenters. The number of nitriles is 1. The number of amides is 1. The van der Waals surface area contributed by atoms with Crippen molar-refractivity contribution in [3.63, 3.8) is 0 Å². The van der Waals surface area contributed by atoms with Gasteiger partial charge in [-0.2, -0.15) is 5.26 Å². The van der Waals surface area contributed by atoms with Gasteiger partial charge in [-0.05, 0) is 37.6 Å². The maximum Gasteiger partial charge on any atom is 0.272 e. The van der Waals surface area contributed by atoms with Gasteiger partial charge in [0.05, 0.1) is 23.7 Å². The highest BCUT2D eigenvalue weighted by atomic mass is 19.1. The zero-order valence-corrected chi connectivity index (χ0v) is 16.7. The minimum atomic E-state index is -0.790. The quantitative estimate of drug-likeness (QED) is 0.414. The molecular weight excluding hydrogens is 389 g/mol. The Hall–Kier alpha value is -3.75. The fourth-order valence-corrected chi connectivity index (χ4v) is 3.15. The van der Waals surface area contributed by atoms with E-state index in [2.05, 4.69) is 11.2 Å². The molecule has 0 aliphatic rings. The number of Topliss-reactive ketones (excluding diaryl/α,β-unsaturated/α-hetero) is 2. The van der Waals surface area contributed by atoms with Gasteiger partial charge < -0.3 is 15.0 Å². The number of aliphatic hydroxyl groups excluding tert-OH is 1. The minimum Gasteiger partial charge on any atom is -0.395 e.